The zero-order chi connectivity index (χ0) is 19.0. The Morgan fingerprint density at radius 1 is 1.04 bits per heavy atom. The van der Waals surface area contributed by atoms with Crippen molar-refractivity contribution in [1.82, 2.24) is 4.98 Å². The second-order valence-electron chi connectivity index (χ2n) is 7.40. The molecule has 4 heteroatoms. The highest BCUT2D eigenvalue weighted by atomic mass is 16.5. The van der Waals surface area contributed by atoms with Crippen molar-refractivity contribution in [2.45, 2.75) is 39.3 Å². The Hall–Kier alpha value is -3.01. The van der Waals surface area contributed by atoms with Gasteiger partial charge in [0.15, 0.2) is 0 Å². The average Bonchev–Trinajstić information content (AvgIpc) is 3.01. The maximum absolute atomic E-state index is 6.61. The van der Waals surface area contributed by atoms with Gasteiger partial charge >= 0.3 is 0 Å². The number of H-pyrrole nitrogens is 1. The number of aromatic amines is 1. The van der Waals surface area contributed by atoms with Gasteiger partial charge in [0, 0.05) is 11.8 Å². The van der Waals surface area contributed by atoms with E-state index in [9.17, 15) is 0 Å². The number of anilines is 1. The summed E-state index contributed by atoms with van der Waals surface area (Å²) in [6.07, 6.45) is 2.52. The SMILES string of the molecule is Cc1cc(C)c(OC2c3cc(N)[nH]c3C=NC2Cc2ccccc2)c(C)c1. The van der Waals surface area contributed by atoms with Gasteiger partial charge in [-0.25, -0.2) is 0 Å². The molecule has 2 heterocycles. The van der Waals surface area contributed by atoms with E-state index in [0.717, 1.165) is 34.6 Å². The molecule has 1 aliphatic rings. The minimum absolute atomic E-state index is 0.00444. The lowest BCUT2D eigenvalue weighted by molar-refractivity contribution is 0.169. The first-order valence-corrected chi connectivity index (χ1v) is 9.31. The quantitative estimate of drug-likeness (QED) is 0.710. The lowest BCUT2D eigenvalue weighted by Crippen LogP contribution is -2.28. The van der Waals surface area contributed by atoms with Gasteiger partial charge in [0.2, 0.25) is 0 Å². The van der Waals surface area contributed by atoms with Gasteiger partial charge in [-0.3, -0.25) is 4.99 Å². The van der Waals surface area contributed by atoms with E-state index >= 15 is 0 Å². The molecule has 0 aliphatic carbocycles. The molecule has 0 fully saturated rings. The molecular weight excluding hydrogens is 334 g/mol. The molecule has 4 rings (SSSR count). The number of aryl methyl sites for hydroxylation is 3. The fourth-order valence-electron chi connectivity index (χ4n) is 3.94. The summed E-state index contributed by atoms with van der Waals surface area (Å²) in [6.45, 7) is 6.30. The summed E-state index contributed by atoms with van der Waals surface area (Å²) in [5.74, 6) is 1.57. The Balaban J connectivity index is 1.72. The van der Waals surface area contributed by atoms with Crippen molar-refractivity contribution in [2.24, 2.45) is 4.99 Å². The molecule has 0 radical (unpaired) electrons. The fourth-order valence-corrected chi connectivity index (χ4v) is 3.94. The van der Waals surface area contributed by atoms with E-state index in [1.54, 1.807) is 0 Å². The topological polar surface area (TPSA) is 63.4 Å². The molecule has 4 nitrogen and oxygen atoms in total. The number of nitrogens with two attached hydrogens (primary N) is 1. The Labute approximate surface area is 160 Å². The number of aromatic nitrogens is 1. The Morgan fingerprint density at radius 3 is 2.44 bits per heavy atom. The number of benzene rings is 2. The molecule has 1 aromatic heterocycles. The fraction of sp³-hybridized carbons (Fsp3) is 0.261. The molecule has 2 atom stereocenters. The summed E-state index contributed by atoms with van der Waals surface area (Å²) < 4.78 is 6.61. The summed E-state index contributed by atoms with van der Waals surface area (Å²) >= 11 is 0. The summed E-state index contributed by atoms with van der Waals surface area (Å²) in [5.41, 5.74) is 12.8. The monoisotopic (exact) mass is 359 g/mol. The zero-order valence-corrected chi connectivity index (χ0v) is 16.0. The molecule has 0 amide bonds. The van der Waals surface area contributed by atoms with E-state index in [-0.39, 0.29) is 12.1 Å². The number of ether oxygens (including phenoxy) is 1. The van der Waals surface area contributed by atoms with Gasteiger partial charge in [-0.1, -0.05) is 48.0 Å². The molecule has 3 aromatic rings. The highest BCUT2D eigenvalue weighted by Crippen LogP contribution is 2.36. The number of aliphatic imine (C=N–C) groups is 1. The number of hydrogen-bond donors (Lipinski definition) is 2. The molecule has 1 aliphatic heterocycles. The predicted molar refractivity (Wildman–Crippen MR) is 111 cm³/mol. The number of fused-ring (bicyclic) bond motifs is 1. The maximum atomic E-state index is 6.61. The zero-order valence-electron chi connectivity index (χ0n) is 16.0. The van der Waals surface area contributed by atoms with Crippen molar-refractivity contribution in [1.29, 1.82) is 0 Å². The standard InChI is InChI=1S/C23H25N3O/c1-14-9-15(2)22(16(3)10-14)27-23-18-12-21(24)26-20(18)13-25-19(23)11-17-7-5-4-6-8-17/h4-10,12-13,19,23,26H,11,24H2,1-3H3. The summed E-state index contributed by atoms with van der Waals surface area (Å²) in [7, 11) is 0. The smallest absolute Gasteiger partial charge is 0.148 e. The van der Waals surface area contributed by atoms with Gasteiger partial charge in [-0.15, -0.1) is 0 Å². The summed E-state index contributed by atoms with van der Waals surface area (Å²) in [6, 6.07) is 16.7. The normalized spacial score (nSPS) is 18.3. The van der Waals surface area contributed by atoms with Crippen molar-refractivity contribution in [3.05, 3.63) is 82.0 Å². The van der Waals surface area contributed by atoms with Gasteiger partial charge < -0.3 is 15.5 Å². The number of hydrogen-bond acceptors (Lipinski definition) is 3. The summed E-state index contributed by atoms with van der Waals surface area (Å²) in [4.78, 5) is 7.98. The Bertz CT molecular complexity index is 965. The third-order valence-electron chi connectivity index (χ3n) is 5.09. The van der Waals surface area contributed by atoms with Crippen molar-refractivity contribution in [2.75, 3.05) is 5.73 Å². The number of rotatable bonds is 4. The minimum atomic E-state index is -0.182. The Kier molecular flexibility index (Phi) is 4.48. The van der Waals surface area contributed by atoms with E-state index < -0.39 is 0 Å². The van der Waals surface area contributed by atoms with Crippen LogP contribution in [-0.2, 0) is 6.42 Å². The second-order valence-corrected chi connectivity index (χ2v) is 7.40. The maximum Gasteiger partial charge on any atom is 0.148 e. The first-order chi connectivity index (χ1) is 13.0. The van der Waals surface area contributed by atoms with E-state index in [4.69, 9.17) is 15.5 Å². The molecular formula is C23H25N3O. The number of nitrogens with zero attached hydrogens (tertiary/aromatic N) is 1. The van der Waals surface area contributed by atoms with Crippen LogP contribution in [0.2, 0.25) is 0 Å². The first kappa shape index (κ1) is 17.4. The number of nitrogen functional groups attached to an aromatic ring is 1. The van der Waals surface area contributed by atoms with E-state index in [2.05, 4.69) is 62.2 Å². The van der Waals surface area contributed by atoms with Crippen molar-refractivity contribution in [3.8, 4) is 5.75 Å². The van der Waals surface area contributed by atoms with Crippen LogP contribution in [0, 0.1) is 20.8 Å². The Morgan fingerprint density at radius 2 is 1.74 bits per heavy atom. The summed E-state index contributed by atoms with van der Waals surface area (Å²) in [5, 5.41) is 0. The van der Waals surface area contributed by atoms with E-state index in [1.165, 1.54) is 11.1 Å². The molecule has 2 unspecified atom stereocenters. The minimum Gasteiger partial charge on any atom is -0.483 e. The van der Waals surface area contributed by atoms with Crippen molar-refractivity contribution >= 4 is 12.0 Å². The highest BCUT2D eigenvalue weighted by molar-refractivity contribution is 5.82. The molecule has 138 valence electrons. The lowest BCUT2D eigenvalue weighted by Gasteiger charge is -2.29. The van der Waals surface area contributed by atoms with Crippen LogP contribution in [-0.4, -0.2) is 17.2 Å². The molecule has 0 saturated carbocycles. The number of nitrogens with one attached hydrogen (secondary N) is 1. The molecule has 0 spiro atoms. The molecule has 27 heavy (non-hydrogen) atoms. The van der Waals surface area contributed by atoms with Crippen LogP contribution in [0.5, 0.6) is 5.75 Å². The van der Waals surface area contributed by atoms with Gasteiger partial charge in [0.25, 0.3) is 0 Å². The van der Waals surface area contributed by atoms with Crippen LogP contribution < -0.4 is 10.5 Å². The molecule has 2 aromatic carbocycles. The molecule has 0 bridgehead atoms. The van der Waals surface area contributed by atoms with Crippen LogP contribution >= 0.6 is 0 Å². The predicted octanol–water partition coefficient (Wildman–Crippen LogP) is 4.69. The van der Waals surface area contributed by atoms with Gasteiger partial charge in [-0.2, -0.15) is 0 Å². The first-order valence-electron chi connectivity index (χ1n) is 9.31. The van der Waals surface area contributed by atoms with E-state index in [0.29, 0.717) is 5.82 Å². The lowest BCUT2D eigenvalue weighted by atomic mass is 9.94. The molecule has 0 saturated heterocycles. The highest BCUT2D eigenvalue weighted by Gasteiger charge is 2.32. The van der Waals surface area contributed by atoms with Gasteiger partial charge in [0.1, 0.15) is 17.7 Å². The van der Waals surface area contributed by atoms with Crippen molar-refractivity contribution < 1.29 is 4.74 Å². The van der Waals surface area contributed by atoms with Crippen LogP contribution in [0.15, 0.2) is 53.5 Å². The van der Waals surface area contributed by atoms with E-state index in [1.807, 2.05) is 18.3 Å². The van der Waals surface area contributed by atoms with Crippen LogP contribution in [0.1, 0.15) is 39.6 Å². The van der Waals surface area contributed by atoms with Crippen LogP contribution in [0.3, 0.4) is 0 Å². The van der Waals surface area contributed by atoms with Crippen LogP contribution in [0.4, 0.5) is 5.82 Å². The van der Waals surface area contributed by atoms with Crippen molar-refractivity contribution in [3.63, 3.8) is 0 Å². The van der Waals surface area contributed by atoms with Crippen LogP contribution in [0.25, 0.3) is 0 Å². The average molecular weight is 359 g/mol. The van der Waals surface area contributed by atoms with Gasteiger partial charge in [-0.05, 0) is 49.9 Å². The largest absolute Gasteiger partial charge is 0.483 e. The third kappa shape index (κ3) is 3.47. The second kappa shape index (κ2) is 6.95. The molecule has 3 N–H and O–H groups in total. The van der Waals surface area contributed by atoms with Gasteiger partial charge in [0.05, 0.1) is 11.7 Å². The third-order valence-corrected chi connectivity index (χ3v) is 5.09.